The molecule has 82 valence electrons. The van der Waals surface area contributed by atoms with Crippen LogP contribution < -0.4 is 0 Å². The zero-order valence-electron chi connectivity index (χ0n) is 8.64. The summed E-state index contributed by atoms with van der Waals surface area (Å²) in [6.07, 6.45) is 0. The number of amides is 2. The Labute approximate surface area is 93.2 Å². The minimum Gasteiger partial charge on any atom is -0.345 e. The Hall–Kier alpha value is 0.1000. The van der Waals surface area contributed by atoms with Gasteiger partial charge in [-0.2, -0.15) is 0 Å². The van der Waals surface area contributed by atoms with Crippen molar-refractivity contribution in [3.8, 4) is 0 Å². The fourth-order valence-corrected chi connectivity index (χ4v) is 2.97. The molecular formula is C7H14NO3PS2. The lowest BCUT2D eigenvalue weighted by molar-refractivity contribution is -0.140. The smallest absolute Gasteiger partial charge is 0.239 e. The van der Waals surface area contributed by atoms with E-state index in [0.29, 0.717) is 0 Å². The van der Waals surface area contributed by atoms with E-state index < -0.39 is 5.47 Å². The van der Waals surface area contributed by atoms with Crippen LogP contribution in [0.5, 0.6) is 0 Å². The normalized spacial score (nSPS) is 14.6. The average molecular weight is 255 g/mol. The maximum Gasteiger partial charge on any atom is 0.239 e. The molecule has 0 heterocycles. The fraction of sp³-hybridized carbons (Fsp3) is 0.714. The Morgan fingerprint density at radius 2 is 2.07 bits per heavy atom. The summed E-state index contributed by atoms with van der Waals surface area (Å²) in [5.41, 5.74) is -1.91. The quantitative estimate of drug-likeness (QED) is 0.709. The highest BCUT2D eigenvalue weighted by Crippen LogP contribution is 2.55. The van der Waals surface area contributed by atoms with E-state index in [0.717, 1.165) is 4.90 Å². The van der Waals surface area contributed by atoms with E-state index in [1.54, 1.807) is 6.66 Å². The Morgan fingerprint density at radius 3 is 2.43 bits per heavy atom. The van der Waals surface area contributed by atoms with Crippen molar-refractivity contribution in [1.82, 2.24) is 4.90 Å². The Bertz CT molecular complexity index is 282. The summed E-state index contributed by atoms with van der Waals surface area (Å²) >= 11 is 6.40. The molecule has 4 nitrogen and oxygen atoms in total. The van der Waals surface area contributed by atoms with E-state index in [4.69, 9.17) is 16.3 Å². The van der Waals surface area contributed by atoms with Gasteiger partial charge in [0.05, 0.1) is 5.75 Å². The van der Waals surface area contributed by atoms with Gasteiger partial charge in [0, 0.05) is 21.1 Å². The summed E-state index contributed by atoms with van der Waals surface area (Å²) < 4.78 is 5.06. The summed E-state index contributed by atoms with van der Waals surface area (Å²) in [5, 5.41) is 0. The monoisotopic (exact) mass is 255 g/mol. The van der Waals surface area contributed by atoms with Crippen LogP contribution in [0.1, 0.15) is 6.92 Å². The lowest BCUT2D eigenvalue weighted by atomic mass is 10.5. The van der Waals surface area contributed by atoms with Gasteiger partial charge < -0.3 is 4.52 Å². The van der Waals surface area contributed by atoms with Crippen molar-refractivity contribution in [3.63, 3.8) is 0 Å². The zero-order valence-corrected chi connectivity index (χ0v) is 11.2. The molecular weight excluding hydrogens is 241 g/mol. The minimum atomic E-state index is -1.91. The van der Waals surface area contributed by atoms with Crippen molar-refractivity contribution in [2.24, 2.45) is 0 Å². The molecule has 0 N–H and O–H groups in total. The third-order valence-electron chi connectivity index (χ3n) is 1.60. The average Bonchev–Trinajstić information content (AvgIpc) is 2.13. The van der Waals surface area contributed by atoms with Gasteiger partial charge in [0.25, 0.3) is 0 Å². The standard InChI is InChI=1S/C7H14NO3PS2/c1-6(9)8(2)7(10)5-14-12(4,13)11-3/h5H2,1-4H3. The van der Waals surface area contributed by atoms with Gasteiger partial charge in [-0.1, -0.05) is 23.2 Å². The van der Waals surface area contributed by atoms with Gasteiger partial charge in [0.2, 0.25) is 11.8 Å². The first kappa shape index (κ1) is 14.1. The molecule has 2 amide bonds. The van der Waals surface area contributed by atoms with Gasteiger partial charge in [-0.3, -0.25) is 14.5 Å². The number of imide groups is 1. The molecule has 0 aromatic carbocycles. The molecule has 1 atom stereocenters. The summed E-state index contributed by atoms with van der Waals surface area (Å²) in [4.78, 5) is 23.3. The summed E-state index contributed by atoms with van der Waals surface area (Å²) in [5.74, 6) is -0.314. The molecule has 0 saturated carbocycles. The second kappa shape index (κ2) is 5.85. The maximum atomic E-state index is 11.3. The number of rotatable bonds is 4. The van der Waals surface area contributed by atoms with E-state index in [1.165, 1.54) is 32.5 Å². The van der Waals surface area contributed by atoms with Gasteiger partial charge in [-0.05, 0) is 6.66 Å². The highest BCUT2D eigenvalue weighted by atomic mass is 32.9. The van der Waals surface area contributed by atoms with Crippen LogP contribution in [0.4, 0.5) is 0 Å². The molecule has 0 aliphatic heterocycles. The summed E-state index contributed by atoms with van der Waals surface area (Å²) in [6.45, 7) is 3.15. The second-order valence-electron chi connectivity index (χ2n) is 2.70. The Balaban J connectivity index is 4.10. The number of hydrogen-bond acceptors (Lipinski definition) is 5. The molecule has 0 aromatic rings. The van der Waals surface area contributed by atoms with Crippen molar-refractivity contribution in [2.45, 2.75) is 6.92 Å². The van der Waals surface area contributed by atoms with Crippen molar-refractivity contribution < 1.29 is 14.1 Å². The first-order valence-corrected chi connectivity index (χ1v) is 8.61. The summed E-state index contributed by atoms with van der Waals surface area (Å²) in [6, 6.07) is 0. The predicted octanol–water partition coefficient (Wildman–Crippen LogP) is 1.31. The minimum absolute atomic E-state index is 0.192. The van der Waals surface area contributed by atoms with E-state index in [2.05, 4.69) is 0 Å². The highest BCUT2D eigenvalue weighted by Gasteiger charge is 2.17. The first-order valence-electron chi connectivity index (χ1n) is 3.85. The van der Waals surface area contributed by atoms with Gasteiger partial charge in [0.1, 0.15) is 5.47 Å². The van der Waals surface area contributed by atoms with Crippen LogP contribution >= 0.6 is 16.8 Å². The number of carbonyl (C=O) groups excluding carboxylic acids is 2. The molecule has 0 radical (unpaired) electrons. The van der Waals surface area contributed by atoms with Gasteiger partial charge in [0.15, 0.2) is 0 Å². The zero-order chi connectivity index (χ0) is 11.4. The van der Waals surface area contributed by atoms with Crippen LogP contribution in [0.3, 0.4) is 0 Å². The predicted molar refractivity (Wildman–Crippen MR) is 63.1 cm³/mol. The van der Waals surface area contributed by atoms with Gasteiger partial charge in [-0.25, -0.2) is 0 Å². The molecule has 0 bridgehead atoms. The van der Waals surface area contributed by atoms with Crippen LogP contribution in [0, 0.1) is 0 Å². The lowest BCUT2D eigenvalue weighted by Crippen LogP contribution is -2.32. The number of hydrogen-bond donors (Lipinski definition) is 0. The number of nitrogens with zero attached hydrogens (tertiary/aromatic N) is 1. The fourth-order valence-electron chi connectivity index (χ4n) is 0.498. The first-order chi connectivity index (χ1) is 6.30. The number of carbonyl (C=O) groups is 2. The molecule has 0 aromatic heterocycles. The van der Waals surface area contributed by atoms with E-state index >= 15 is 0 Å². The van der Waals surface area contributed by atoms with Gasteiger partial charge >= 0.3 is 0 Å². The Morgan fingerprint density at radius 1 is 1.57 bits per heavy atom. The molecule has 7 heteroatoms. The highest BCUT2D eigenvalue weighted by molar-refractivity contribution is 8.69. The van der Waals surface area contributed by atoms with E-state index in [1.807, 2.05) is 0 Å². The largest absolute Gasteiger partial charge is 0.345 e. The molecule has 0 fully saturated rings. The van der Waals surface area contributed by atoms with Crippen molar-refractivity contribution in [1.29, 1.82) is 0 Å². The lowest BCUT2D eigenvalue weighted by Gasteiger charge is -2.16. The van der Waals surface area contributed by atoms with Crippen molar-refractivity contribution in [2.75, 3.05) is 26.6 Å². The summed E-state index contributed by atoms with van der Waals surface area (Å²) in [7, 11) is 2.99. The molecule has 1 unspecified atom stereocenters. The van der Waals surface area contributed by atoms with Gasteiger partial charge in [-0.15, -0.1) is 0 Å². The second-order valence-corrected chi connectivity index (χ2v) is 10.8. The molecule has 0 saturated heterocycles. The molecule has 0 aliphatic rings. The van der Waals surface area contributed by atoms with Crippen LogP contribution in [-0.4, -0.2) is 43.3 Å². The Kier molecular flexibility index (Phi) is 5.90. The van der Waals surface area contributed by atoms with Crippen LogP contribution in [0.15, 0.2) is 0 Å². The van der Waals surface area contributed by atoms with Crippen LogP contribution in [0.25, 0.3) is 0 Å². The third kappa shape index (κ3) is 5.10. The third-order valence-corrected chi connectivity index (χ3v) is 6.75. The van der Waals surface area contributed by atoms with Crippen molar-refractivity contribution >= 4 is 40.5 Å². The van der Waals surface area contributed by atoms with Crippen LogP contribution in [0.2, 0.25) is 0 Å². The maximum absolute atomic E-state index is 11.3. The topological polar surface area (TPSA) is 46.6 Å². The molecule has 0 spiro atoms. The molecule has 14 heavy (non-hydrogen) atoms. The van der Waals surface area contributed by atoms with Crippen LogP contribution in [-0.2, 0) is 25.9 Å². The molecule has 0 aliphatic carbocycles. The SMILES string of the molecule is COP(C)(=S)SCC(=O)N(C)C(C)=O. The van der Waals surface area contributed by atoms with E-state index in [9.17, 15) is 9.59 Å². The van der Waals surface area contributed by atoms with Crippen molar-refractivity contribution in [3.05, 3.63) is 0 Å². The van der Waals surface area contributed by atoms with E-state index in [-0.39, 0.29) is 17.6 Å². The molecule has 0 rings (SSSR count).